The summed E-state index contributed by atoms with van der Waals surface area (Å²) in [5.74, 6) is -1.85. The van der Waals surface area contributed by atoms with Crippen molar-refractivity contribution in [3.05, 3.63) is 41.7 Å². The Bertz CT molecular complexity index is 797. The van der Waals surface area contributed by atoms with Gasteiger partial charge in [-0.15, -0.1) is 0 Å². The van der Waals surface area contributed by atoms with Gasteiger partial charge >= 0.3 is 11.9 Å². The van der Waals surface area contributed by atoms with E-state index in [-0.39, 0.29) is 25.4 Å². The van der Waals surface area contributed by atoms with Crippen LogP contribution in [0.15, 0.2) is 30.5 Å². The van der Waals surface area contributed by atoms with Crippen molar-refractivity contribution < 1.29 is 24.2 Å². The number of esters is 1. The Morgan fingerprint density at radius 1 is 1.28 bits per heavy atom. The Morgan fingerprint density at radius 3 is 2.72 bits per heavy atom. The van der Waals surface area contributed by atoms with Crippen molar-refractivity contribution in [2.75, 3.05) is 11.9 Å². The van der Waals surface area contributed by atoms with Crippen molar-refractivity contribution in [2.24, 2.45) is 0 Å². The summed E-state index contributed by atoms with van der Waals surface area (Å²) >= 11 is 0. The molecule has 0 bridgehead atoms. The van der Waals surface area contributed by atoms with E-state index in [1.807, 2.05) is 0 Å². The average molecular weight is 345 g/mol. The topological polar surface area (TPSA) is 111 Å². The van der Waals surface area contributed by atoms with E-state index in [1.54, 1.807) is 42.8 Å². The first kappa shape index (κ1) is 18.2. The van der Waals surface area contributed by atoms with E-state index in [0.717, 1.165) is 0 Å². The minimum Gasteiger partial charge on any atom is -0.481 e. The lowest BCUT2D eigenvalue weighted by molar-refractivity contribution is -0.138. The summed E-state index contributed by atoms with van der Waals surface area (Å²) in [6, 6.07) is 6.88. The maximum atomic E-state index is 11.9. The van der Waals surface area contributed by atoms with E-state index in [4.69, 9.17) is 9.84 Å². The van der Waals surface area contributed by atoms with Crippen LogP contribution in [0.1, 0.15) is 35.8 Å². The van der Waals surface area contributed by atoms with Crippen molar-refractivity contribution >= 4 is 23.5 Å². The molecule has 8 nitrogen and oxygen atoms in total. The number of nitrogens with one attached hydrogen (secondary N) is 1. The number of anilines is 1. The molecule has 0 unspecified atom stereocenters. The standard InChI is InChI=1S/C17H19N3O5/c1-3-25-17(24)14-10-18-20(11(14)2)13-6-4-5-12(9-13)19-15(21)7-8-16(22)23/h4-6,9-10H,3,7-8H2,1-2H3,(H,19,21)(H,22,23). The van der Waals surface area contributed by atoms with Gasteiger partial charge in [0.1, 0.15) is 5.56 Å². The number of amides is 1. The molecule has 0 saturated carbocycles. The molecular weight excluding hydrogens is 326 g/mol. The predicted molar refractivity (Wildman–Crippen MR) is 89.8 cm³/mol. The smallest absolute Gasteiger partial charge is 0.341 e. The maximum absolute atomic E-state index is 11.9. The molecule has 132 valence electrons. The average Bonchev–Trinajstić information content (AvgIpc) is 2.95. The molecule has 25 heavy (non-hydrogen) atoms. The molecule has 0 spiro atoms. The molecule has 0 aliphatic rings. The molecule has 1 heterocycles. The van der Waals surface area contributed by atoms with E-state index >= 15 is 0 Å². The largest absolute Gasteiger partial charge is 0.481 e. The van der Waals surface area contributed by atoms with Gasteiger partial charge in [-0.2, -0.15) is 5.10 Å². The Hall–Kier alpha value is -3.16. The van der Waals surface area contributed by atoms with Gasteiger partial charge in [0, 0.05) is 12.1 Å². The van der Waals surface area contributed by atoms with Crippen molar-refractivity contribution in [3.63, 3.8) is 0 Å². The number of nitrogens with zero attached hydrogens (tertiary/aromatic N) is 2. The lowest BCUT2D eigenvalue weighted by Gasteiger charge is -2.09. The van der Waals surface area contributed by atoms with Crippen LogP contribution in [0.5, 0.6) is 0 Å². The van der Waals surface area contributed by atoms with Gasteiger partial charge in [0.2, 0.25) is 5.91 Å². The maximum Gasteiger partial charge on any atom is 0.341 e. The van der Waals surface area contributed by atoms with E-state index in [1.165, 1.54) is 6.20 Å². The number of ether oxygens (including phenoxy) is 1. The number of benzene rings is 1. The van der Waals surface area contributed by atoms with Crippen LogP contribution >= 0.6 is 0 Å². The van der Waals surface area contributed by atoms with Gasteiger partial charge in [-0.1, -0.05) is 6.07 Å². The number of hydrogen-bond donors (Lipinski definition) is 2. The van der Waals surface area contributed by atoms with Gasteiger partial charge < -0.3 is 15.2 Å². The number of carboxylic acid groups (broad SMARTS) is 1. The molecule has 8 heteroatoms. The minimum absolute atomic E-state index is 0.104. The van der Waals surface area contributed by atoms with E-state index < -0.39 is 11.9 Å². The number of aliphatic carboxylic acids is 1. The quantitative estimate of drug-likeness (QED) is 0.744. The van der Waals surface area contributed by atoms with Gasteiger partial charge in [0.05, 0.1) is 30.6 Å². The normalized spacial score (nSPS) is 10.3. The first-order valence-corrected chi connectivity index (χ1v) is 7.76. The van der Waals surface area contributed by atoms with E-state index in [0.29, 0.717) is 22.6 Å². The molecular formula is C17H19N3O5. The summed E-state index contributed by atoms with van der Waals surface area (Å²) in [7, 11) is 0. The molecule has 0 fully saturated rings. The Balaban J connectivity index is 2.17. The van der Waals surface area contributed by atoms with Crippen LogP contribution in [-0.2, 0) is 14.3 Å². The number of aromatic nitrogens is 2. The minimum atomic E-state index is -1.03. The van der Waals surface area contributed by atoms with Gasteiger partial charge in [-0.3, -0.25) is 9.59 Å². The number of carbonyl (C=O) groups is 3. The lowest BCUT2D eigenvalue weighted by Crippen LogP contribution is -2.13. The fraction of sp³-hybridized carbons (Fsp3) is 0.294. The highest BCUT2D eigenvalue weighted by molar-refractivity contribution is 5.93. The van der Waals surface area contributed by atoms with Gasteiger partial charge in [-0.05, 0) is 32.0 Å². The number of hydrogen-bond acceptors (Lipinski definition) is 5. The van der Waals surface area contributed by atoms with Crippen LogP contribution in [0.25, 0.3) is 5.69 Å². The van der Waals surface area contributed by atoms with Crippen molar-refractivity contribution in [2.45, 2.75) is 26.7 Å². The Labute approximate surface area is 144 Å². The van der Waals surface area contributed by atoms with Crippen LogP contribution in [0.4, 0.5) is 5.69 Å². The molecule has 0 atom stereocenters. The zero-order chi connectivity index (χ0) is 18.4. The fourth-order valence-corrected chi connectivity index (χ4v) is 2.24. The van der Waals surface area contributed by atoms with Gasteiger partial charge in [0.15, 0.2) is 0 Å². The summed E-state index contributed by atoms with van der Waals surface area (Å²) in [5.41, 5.74) is 2.16. The first-order chi connectivity index (χ1) is 11.9. The van der Waals surface area contributed by atoms with Crippen molar-refractivity contribution in [3.8, 4) is 5.69 Å². The molecule has 0 saturated heterocycles. The second-order valence-electron chi connectivity index (χ2n) is 5.27. The van der Waals surface area contributed by atoms with Gasteiger partial charge in [-0.25, -0.2) is 9.48 Å². The number of carboxylic acids is 1. The van der Waals surface area contributed by atoms with Crippen molar-refractivity contribution in [1.29, 1.82) is 0 Å². The number of carbonyl (C=O) groups excluding carboxylic acids is 2. The predicted octanol–water partition coefficient (Wildman–Crippen LogP) is 2.16. The molecule has 0 aliphatic carbocycles. The Kier molecular flexibility index (Phi) is 5.89. The molecule has 1 amide bonds. The van der Waals surface area contributed by atoms with Crippen molar-refractivity contribution in [1.82, 2.24) is 9.78 Å². The summed E-state index contributed by atoms with van der Waals surface area (Å²) in [6.45, 7) is 3.76. The van der Waals surface area contributed by atoms with Gasteiger partial charge in [0.25, 0.3) is 0 Å². The molecule has 2 aromatic rings. The summed E-state index contributed by atoms with van der Waals surface area (Å²) < 4.78 is 6.55. The molecule has 1 aromatic carbocycles. The lowest BCUT2D eigenvalue weighted by atomic mass is 10.2. The van der Waals surface area contributed by atoms with Crippen LogP contribution in [0.3, 0.4) is 0 Å². The highest BCUT2D eigenvalue weighted by Crippen LogP contribution is 2.19. The fourth-order valence-electron chi connectivity index (χ4n) is 2.24. The summed E-state index contributed by atoms with van der Waals surface area (Å²) in [6.07, 6.45) is 1.10. The third-order valence-electron chi connectivity index (χ3n) is 3.45. The van der Waals surface area contributed by atoms with Crippen LogP contribution in [0.2, 0.25) is 0 Å². The highest BCUT2D eigenvalue weighted by atomic mass is 16.5. The molecule has 2 N–H and O–H groups in total. The second kappa shape index (κ2) is 8.09. The van der Waals surface area contributed by atoms with Crippen LogP contribution < -0.4 is 5.32 Å². The summed E-state index contributed by atoms with van der Waals surface area (Å²) in [5, 5.41) is 15.4. The van der Waals surface area contributed by atoms with E-state index in [9.17, 15) is 14.4 Å². The second-order valence-corrected chi connectivity index (χ2v) is 5.27. The van der Waals surface area contributed by atoms with E-state index in [2.05, 4.69) is 10.4 Å². The SMILES string of the molecule is CCOC(=O)c1cnn(-c2cccc(NC(=O)CCC(=O)O)c2)c1C. The first-order valence-electron chi connectivity index (χ1n) is 7.76. The Morgan fingerprint density at radius 2 is 2.04 bits per heavy atom. The zero-order valence-electron chi connectivity index (χ0n) is 14.0. The molecule has 1 aromatic heterocycles. The van der Waals surface area contributed by atoms with Crippen LogP contribution in [0, 0.1) is 6.92 Å². The third-order valence-corrected chi connectivity index (χ3v) is 3.45. The molecule has 0 radical (unpaired) electrons. The zero-order valence-corrected chi connectivity index (χ0v) is 14.0. The van der Waals surface area contributed by atoms with Crippen LogP contribution in [-0.4, -0.2) is 39.3 Å². The number of rotatable bonds is 7. The molecule has 0 aliphatic heterocycles. The monoisotopic (exact) mass is 345 g/mol. The third kappa shape index (κ3) is 4.66. The molecule has 2 rings (SSSR count). The highest BCUT2D eigenvalue weighted by Gasteiger charge is 2.16. The summed E-state index contributed by atoms with van der Waals surface area (Å²) in [4.78, 5) is 34.1.